The van der Waals surface area contributed by atoms with Crippen molar-refractivity contribution in [3.8, 4) is 0 Å². The van der Waals surface area contributed by atoms with Crippen LogP contribution in [-0.2, 0) is 20.9 Å². The number of thioether (sulfide) groups is 1. The van der Waals surface area contributed by atoms with Crippen LogP contribution in [0.25, 0.3) is 0 Å². The highest BCUT2D eigenvalue weighted by molar-refractivity contribution is 8.00. The van der Waals surface area contributed by atoms with Crippen molar-refractivity contribution in [1.82, 2.24) is 4.57 Å². The highest BCUT2D eigenvalue weighted by atomic mass is 35.5. The topological polar surface area (TPSA) is 91.7 Å². The van der Waals surface area contributed by atoms with E-state index in [1.165, 1.54) is 21.2 Å². The number of imide groups is 1. The van der Waals surface area contributed by atoms with E-state index in [0.717, 1.165) is 22.6 Å². The lowest BCUT2D eigenvalue weighted by molar-refractivity contribution is -0.122. The van der Waals surface area contributed by atoms with Crippen LogP contribution in [0.5, 0.6) is 0 Å². The Hall–Kier alpha value is -3.86. The van der Waals surface area contributed by atoms with Crippen LogP contribution >= 0.6 is 34.7 Å². The Bertz CT molecular complexity index is 1700. The molecule has 3 heterocycles. The summed E-state index contributed by atoms with van der Waals surface area (Å²) in [6.45, 7) is -0.209. The SMILES string of the molecule is CN(C)c1ccc([C@H]2c3sc(=O)n(CC(=O)Nc4ccccc4)c3SC3C(=O)N(c4ccc(Cl)cc4)C(=O)C32)cc1. The number of nitrogens with zero attached hydrogens (tertiary/aromatic N) is 3. The van der Waals surface area contributed by atoms with Gasteiger partial charge >= 0.3 is 4.87 Å². The van der Waals surface area contributed by atoms with Crippen molar-refractivity contribution < 1.29 is 14.4 Å². The molecule has 0 spiro atoms. The van der Waals surface area contributed by atoms with E-state index >= 15 is 0 Å². The van der Waals surface area contributed by atoms with Gasteiger partial charge in [0.25, 0.3) is 0 Å². The van der Waals surface area contributed by atoms with E-state index in [2.05, 4.69) is 5.32 Å². The van der Waals surface area contributed by atoms with Crippen LogP contribution in [-0.4, -0.2) is 41.6 Å². The minimum atomic E-state index is -0.762. The van der Waals surface area contributed by atoms with Crippen LogP contribution in [0.2, 0.25) is 5.02 Å². The van der Waals surface area contributed by atoms with E-state index in [1.54, 1.807) is 36.4 Å². The zero-order chi connectivity index (χ0) is 28.8. The van der Waals surface area contributed by atoms with Gasteiger partial charge in [-0.2, -0.15) is 0 Å². The van der Waals surface area contributed by atoms with E-state index < -0.39 is 17.1 Å². The molecule has 2 aliphatic heterocycles. The van der Waals surface area contributed by atoms with Gasteiger partial charge in [-0.05, 0) is 54.1 Å². The van der Waals surface area contributed by atoms with Gasteiger partial charge in [0.1, 0.15) is 11.8 Å². The number of rotatable bonds is 6. The summed E-state index contributed by atoms with van der Waals surface area (Å²) in [4.78, 5) is 57.6. The van der Waals surface area contributed by atoms with Gasteiger partial charge in [-0.3, -0.25) is 23.7 Å². The second-order valence-corrected chi connectivity index (χ2v) is 12.6. The molecule has 6 rings (SSSR count). The monoisotopic (exact) mass is 604 g/mol. The van der Waals surface area contributed by atoms with E-state index in [4.69, 9.17) is 11.6 Å². The summed E-state index contributed by atoms with van der Waals surface area (Å²) < 4.78 is 1.42. The molecule has 2 unspecified atom stereocenters. The molecule has 0 bridgehead atoms. The lowest BCUT2D eigenvalue weighted by Crippen LogP contribution is -2.33. The van der Waals surface area contributed by atoms with E-state index in [9.17, 15) is 19.2 Å². The molecule has 3 atom stereocenters. The lowest BCUT2D eigenvalue weighted by atomic mass is 9.83. The summed E-state index contributed by atoms with van der Waals surface area (Å²) in [5.74, 6) is -2.28. The Labute approximate surface area is 249 Å². The summed E-state index contributed by atoms with van der Waals surface area (Å²) in [5.41, 5.74) is 2.88. The number of anilines is 3. The van der Waals surface area contributed by atoms with Crippen LogP contribution in [0.1, 0.15) is 16.4 Å². The third kappa shape index (κ3) is 4.96. The molecule has 8 nitrogen and oxygen atoms in total. The van der Waals surface area contributed by atoms with Crippen molar-refractivity contribution in [2.24, 2.45) is 5.92 Å². The molecular weight excluding hydrogens is 580 g/mol. The number of carbonyl (C=O) groups excluding carboxylic acids is 3. The third-order valence-corrected chi connectivity index (χ3v) is 10.1. The van der Waals surface area contributed by atoms with Crippen molar-refractivity contribution in [3.05, 3.63) is 104 Å². The first kappa shape index (κ1) is 27.3. The molecular formula is C30H25ClN4O4S2. The molecule has 208 valence electrons. The Kier molecular flexibility index (Phi) is 7.23. The van der Waals surface area contributed by atoms with Gasteiger partial charge in [-0.25, -0.2) is 4.90 Å². The van der Waals surface area contributed by atoms with Gasteiger partial charge in [0.05, 0.1) is 16.6 Å². The van der Waals surface area contributed by atoms with Crippen molar-refractivity contribution in [2.45, 2.75) is 22.7 Å². The van der Waals surface area contributed by atoms with Crippen molar-refractivity contribution in [3.63, 3.8) is 0 Å². The molecule has 1 N–H and O–H groups in total. The maximum absolute atomic E-state index is 14.0. The maximum Gasteiger partial charge on any atom is 0.308 e. The van der Waals surface area contributed by atoms with E-state index in [-0.39, 0.29) is 29.1 Å². The van der Waals surface area contributed by atoms with Crippen LogP contribution in [0, 0.1) is 5.92 Å². The molecule has 4 aromatic rings. The summed E-state index contributed by atoms with van der Waals surface area (Å²) >= 11 is 8.28. The van der Waals surface area contributed by atoms with Crippen molar-refractivity contribution >= 4 is 69.5 Å². The van der Waals surface area contributed by atoms with Gasteiger partial charge < -0.3 is 10.2 Å². The average Bonchev–Trinajstić information content (AvgIpc) is 3.40. The molecule has 1 fully saturated rings. The van der Waals surface area contributed by atoms with Gasteiger partial charge in [0, 0.05) is 41.3 Å². The molecule has 3 amide bonds. The summed E-state index contributed by atoms with van der Waals surface area (Å²) in [5, 5.41) is 3.10. The molecule has 3 aromatic carbocycles. The van der Waals surface area contributed by atoms with Crippen LogP contribution in [0.15, 0.2) is 88.7 Å². The summed E-state index contributed by atoms with van der Waals surface area (Å²) in [7, 11) is 3.88. The van der Waals surface area contributed by atoms with Gasteiger partial charge in [0.15, 0.2) is 0 Å². The largest absolute Gasteiger partial charge is 0.378 e. The fourth-order valence-electron chi connectivity index (χ4n) is 5.30. The fourth-order valence-corrected chi connectivity index (χ4v) is 8.20. The number of hydrogen-bond donors (Lipinski definition) is 1. The third-order valence-electron chi connectivity index (χ3n) is 7.26. The zero-order valence-corrected chi connectivity index (χ0v) is 24.5. The predicted octanol–water partition coefficient (Wildman–Crippen LogP) is 5.06. The number of hydrogen-bond acceptors (Lipinski definition) is 7. The fraction of sp³-hybridized carbons (Fsp3) is 0.200. The molecule has 11 heteroatoms. The number of fused-ring (bicyclic) bond motifs is 2. The highest BCUT2D eigenvalue weighted by Crippen LogP contribution is 2.54. The number of thiazole rings is 1. The molecule has 1 saturated heterocycles. The number of amides is 3. The first-order valence-corrected chi connectivity index (χ1v) is 15.0. The Morgan fingerprint density at radius 3 is 2.27 bits per heavy atom. The number of aromatic nitrogens is 1. The minimum absolute atomic E-state index is 0.209. The standard InChI is InChI=1S/C30H25ClN4O4S2/c1-33(2)20-12-8-17(9-13-20)23-24-25(28(38)35(27(24)37)21-14-10-18(31)11-15-21)40-29-26(23)41-30(39)34(29)16-22(36)32-19-6-4-3-5-7-19/h3-15,23-25H,16H2,1-2H3,(H,32,36)/t23-,24?,25?/m1/s1. The zero-order valence-electron chi connectivity index (χ0n) is 22.1. The number of halogens is 1. The smallest absolute Gasteiger partial charge is 0.308 e. The summed E-state index contributed by atoms with van der Waals surface area (Å²) in [6, 6.07) is 23.4. The van der Waals surface area contributed by atoms with Crippen LogP contribution < -0.4 is 20.0 Å². The Balaban J connectivity index is 1.42. The average molecular weight is 605 g/mol. The van der Waals surface area contributed by atoms with Crippen molar-refractivity contribution in [2.75, 3.05) is 29.2 Å². The first-order valence-electron chi connectivity index (χ1n) is 12.9. The molecule has 1 aromatic heterocycles. The number of benzene rings is 3. The number of carbonyl (C=O) groups is 3. The minimum Gasteiger partial charge on any atom is -0.378 e. The Morgan fingerprint density at radius 1 is 0.927 bits per heavy atom. The quantitative estimate of drug-likeness (QED) is 0.309. The maximum atomic E-state index is 14.0. The molecule has 41 heavy (non-hydrogen) atoms. The predicted molar refractivity (Wildman–Crippen MR) is 163 cm³/mol. The number of nitrogens with one attached hydrogen (secondary N) is 1. The number of para-hydroxylation sites is 1. The lowest BCUT2D eigenvalue weighted by Gasteiger charge is -2.31. The highest BCUT2D eigenvalue weighted by Gasteiger charge is 2.56. The Morgan fingerprint density at radius 2 is 1.61 bits per heavy atom. The second-order valence-electron chi connectivity index (χ2n) is 10.1. The van der Waals surface area contributed by atoms with E-state index in [1.807, 2.05) is 61.5 Å². The first-order chi connectivity index (χ1) is 19.7. The van der Waals surface area contributed by atoms with Crippen LogP contribution in [0.4, 0.5) is 17.1 Å². The van der Waals surface area contributed by atoms with Gasteiger partial charge in [-0.15, -0.1) is 0 Å². The normalized spacial score (nSPS) is 19.6. The van der Waals surface area contributed by atoms with E-state index in [0.29, 0.717) is 26.3 Å². The molecule has 2 aliphatic rings. The van der Waals surface area contributed by atoms with Gasteiger partial charge in [-0.1, -0.05) is 65.0 Å². The molecule has 0 saturated carbocycles. The van der Waals surface area contributed by atoms with Gasteiger partial charge in [0.2, 0.25) is 17.7 Å². The molecule has 0 radical (unpaired) electrons. The second kappa shape index (κ2) is 10.8. The summed E-state index contributed by atoms with van der Waals surface area (Å²) in [6.07, 6.45) is 0. The van der Waals surface area contributed by atoms with Crippen molar-refractivity contribution in [1.29, 1.82) is 0 Å². The van der Waals surface area contributed by atoms with Crippen LogP contribution in [0.3, 0.4) is 0 Å². The molecule has 0 aliphatic carbocycles.